The molecule has 0 amide bonds. The van der Waals surface area contributed by atoms with Crippen LogP contribution in [-0.4, -0.2) is 38.4 Å². The summed E-state index contributed by atoms with van der Waals surface area (Å²) < 4.78 is 21.4. The summed E-state index contributed by atoms with van der Waals surface area (Å²) in [6, 6.07) is 12.9. The maximum Gasteiger partial charge on any atom is 0.343 e. The Morgan fingerprint density at radius 3 is 2.13 bits per heavy atom. The largest absolute Gasteiger partial charge is 0.491 e. The second-order valence-electron chi connectivity index (χ2n) is 6.76. The summed E-state index contributed by atoms with van der Waals surface area (Å²) in [6.45, 7) is 9.36. The molecule has 0 N–H and O–H groups in total. The van der Waals surface area contributed by atoms with Crippen LogP contribution in [0.4, 0.5) is 0 Å². The fraction of sp³-hybridized carbons (Fsp3) is 0.333. The van der Waals surface area contributed by atoms with Gasteiger partial charge < -0.3 is 18.9 Å². The molecule has 0 aliphatic rings. The van der Waals surface area contributed by atoms with Gasteiger partial charge >= 0.3 is 11.9 Å². The van der Waals surface area contributed by atoms with Crippen LogP contribution in [0.25, 0.3) is 0 Å². The number of hydrogen-bond acceptors (Lipinski definition) is 6. The molecule has 0 saturated carbocycles. The maximum absolute atomic E-state index is 12.3. The number of ether oxygens (including phenoxy) is 4. The molecule has 1 atom stereocenters. The Morgan fingerprint density at radius 2 is 1.53 bits per heavy atom. The van der Waals surface area contributed by atoms with Crippen molar-refractivity contribution in [2.24, 2.45) is 5.92 Å². The molecule has 0 fully saturated rings. The van der Waals surface area contributed by atoms with Gasteiger partial charge in [-0.15, -0.1) is 6.58 Å². The van der Waals surface area contributed by atoms with E-state index in [1.165, 1.54) is 0 Å². The van der Waals surface area contributed by atoms with Gasteiger partial charge in [0.15, 0.2) is 0 Å². The zero-order valence-electron chi connectivity index (χ0n) is 17.5. The van der Waals surface area contributed by atoms with Crippen molar-refractivity contribution in [1.29, 1.82) is 0 Å². The van der Waals surface area contributed by atoms with Gasteiger partial charge in [0.05, 0.1) is 30.9 Å². The minimum absolute atomic E-state index is 0.316. The van der Waals surface area contributed by atoms with Crippen molar-refractivity contribution >= 4 is 11.9 Å². The Hall–Kier alpha value is -3.12. The molecular weight excluding hydrogens is 384 g/mol. The molecule has 160 valence electrons. The molecule has 6 nitrogen and oxygen atoms in total. The third-order valence-electron chi connectivity index (χ3n) is 4.32. The topological polar surface area (TPSA) is 71.1 Å². The molecule has 2 aromatic carbocycles. The van der Waals surface area contributed by atoms with Gasteiger partial charge in [0, 0.05) is 0 Å². The second-order valence-corrected chi connectivity index (χ2v) is 6.76. The Bertz CT molecular complexity index is 811. The molecular formula is C24H28O6. The molecule has 0 aromatic heterocycles. The summed E-state index contributed by atoms with van der Waals surface area (Å²) in [5, 5.41) is 0. The van der Waals surface area contributed by atoms with Gasteiger partial charge in [-0.3, -0.25) is 0 Å². The fourth-order valence-corrected chi connectivity index (χ4v) is 2.32. The molecule has 0 radical (unpaired) electrons. The van der Waals surface area contributed by atoms with Crippen LogP contribution < -0.4 is 9.47 Å². The molecule has 0 unspecified atom stereocenters. The van der Waals surface area contributed by atoms with E-state index in [9.17, 15) is 9.59 Å². The highest BCUT2D eigenvalue weighted by molar-refractivity contribution is 5.92. The predicted molar refractivity (Wildman–Crippen MR) is 114 cm³/mol. The van der Waals surface area contributed by atoms with Gasteiger partial charge in [-0.25, -0.2) is 9.59 Å². The van der Waals surface area contributed by atoms with Gasteiger partial charge in [-0.1, -0.05) is 26.3 Å². The van der Waals surface area contributed by atoms with Crippen molar-refractivity contribution in [1.82, 2.24) is 0 Å². The quantitative estimate of drug-likeness (QED) is 0.218. The van der Waals surface area contributed by atoms with Crippen LogP contribution in [0, 0.1) is 5.92 Å². The third kappa shape index (κ3) is 7.72. The summed E-state index contributed by atoms with van der Waals surface area (Å²) in [6.07, 6.45) is 2.62. The number of hydrogen-bond donors (Lipinski definition) is 0. The minimum Gasteiger partial charge on any atom is -0.491 e. The lowest BCUT2D eigenvalue weighted by Crippen LogP contribution is -2.12. The van der Waals surface area contributed by atoms with Gasteiger partial charge in [-0.05, 0) is 54.4 Å². The van der Waals surface area contributed by atoms with Crippen molar-refractivity contribution in [2.45, 2.75) is 20.3 Å². The lowest BCUT2D eigenvalue weighted by Gasteiger charge is -2.10. The van der Waals surface area contributed by atoms with E-state index >= 15 is 0 Å². The number of benzene rings is 2. The average molecular weight is 412 g/mol. The van der Waals surface area contributed by atoms with E-state index in [-0.39, 0.29) is 0 Å². The predicted octanol–water partition coefficient (Wildman–Crippen LogP) is 4.69. The summed E-state index contributed by atoms with van der Waals surface area (Å²) >= 11 is 0. The molecule has 2 aromatic rings. The Morgan fingerprint density at radius 1 is 0.933 bits per heavy atom. The van der Waals surface area contributed by atoms with E-state index < -0.39 is 11.9 Å². The minimum atomic E-state index is -0.497. The molecule has 0 bridgehead atoms. The monoisotopic (exact) mass is 412 g/mol. The summed E-state index contributed by atoms with van der Waals surface area (Å²) in [5.41, 5.74) is 0.805. The van der Waals surface area contributed by atoms with Crippen molar-refractivity contribution in [2.75, 3.05) is 26.4 Å². The van der Waals surface area contributed by atoms with E-state index in [2.05, 4.69) is 6.58 Å². The molecule has 2 rings (SSSR count). The van der Waals surface area contributed by atoms with E-state index in [4.69, 9.17) is 18.9 Å². The normalized spacial score (nSPS) is 11.4. The smallest absolute Gasteiger partial charge is 0.343 e. The van der Waals surface area contributed by atoms with Gasteiger partial charge in [0.1, 0.15) is 18.1 Å². The average Bonchev–Trinajstić information content (AvgIpc) is 2.78. The first kappa shape index (κ1) is 23.2. The Balaban J connectivity index is 1.83. The first-order valence-corrected chi connectivity index (χ1v) is 9.94. The number of carbonyl (C=O) groups excluding carboxylic acids is 2. The molecule has 30 heavy (non-hydrogen) atoms. The van der Waals surface area contributed by atoms with Crippen LogP contribution in [0.1, 0.15) is 41.0 Å². The van der Waals surface area contributed by atoms with Gasteiger partial charge in [0.2, 0.25) is 0 Å². The highest BCUT2D eigenvalue weighted by atomic mass is 16.5. The Labute approximate surface area is 177 Å². The van der Waals surface area contributed by atoms with Gasteiger partial charge in [0.25, 0.3) is 0 Å². The van der Waals surface area contributed by atoms with Crippen molar-refractivity contribution in [3.05, 3.63) is 72.3 Å². The lowest BCUT2D eigenvalue weighted by molar-refractivity contribution is 0.0447. The van der Waals surface area contributed by atoms with Crippen LogP contribution >= 0.6 is 0 Å². The van der Waals surface area contributed by atoms with Crippen LogP contribution in [0.2, 0.25) is 0 Å². The van der Waals surface area contributed by atoms with E-state index in [0.717, 1.165) is 6.42 Å². The van der Waals surface area contributed by atoms with Crippen molar-refractivity contribution < 1.29 is 28.5 Å². The zero-order valence-corrected chi connectivity index (χ0v) is 17.5. The standard InChI is InChI=1S/C24H28O6/c1-4-14-27-15-16-28-21-10-6-20(7-11-21)24(26)30-22-12-8-19(9-13-22)23(25)29-17-18(3)5-2/h4,6-13,18H,1,5,14-17H2,2-3H3/t18-/m0/s1. The molecule has 0 spiro atoms. The first-order valence-electron chi connectivity index (χ1n) is 9.94. The third-order valence-corrected chi connectivity index (χ3v) is 4.32. The molecule has 0 heterocycles. The van der Waals surface area contributed by atoms with Crippen LogP contribution in [-0.2, 0) is 9.47 Å². The van der Waals surface area contributed by atoms with Crippen molar-refractivity contribution in [3.63, 3.8) is 0 Å². The molecule has 6 heteroatoms. The molecule has 0 aliphatic heterocycles. The summed E-state index contributed by atoms with van der Waals surface area (Å²) in [4.78, 5) is 24.3. The maximum atomic E-state index is 12.3. The highest BCUT2D eigenvalue weighted by Crippen LogP contribution is 2.17. The van der Waals surface area contributed by atoms with E-state index in [1.54, 1.807) is 54.6 Å². The highest BCUT2D eigenvalue weighted by Gasteiger charge is 2.12. The molecule has 0 aliphatic carbocycles. The fourth-order valence-electron chi connectivity index (χ4n) is 2.32. The first-order chi connectivity index (χ1) is 14.5. The summed E-state index contributed by atoms with van der Waals surface area (Å²) in [5.74, 6) is 0.408. The summed E-state index contributed by atoms with van der Waals surface area (Å²) in [7, 11) is 0. The lowest BCUT2D eigenvalue weighted by atomic mass is 10.1. The second kappa shape index (κ2) is 12.4. The number of rotatable bonds is 12. The zero-order chi connectivity index (χ0) is 21.8. The van der Waals surface area contributed by atoms with Crippen LogP contribution in [0.5, 0.6) is 11.5 Å². The van der Waals surface area contributed by atoms with E-state index in [1.807, 2.05) is 13.8 Å². The SMILES string of the molecule is C=CCOCCOc1ccc(C(=O)Oc2ccc(C(=O)OC[C@@H](C)CC)cc2)cc1. The van der Waals surface area contributed by atoms with Crippen molar-refractivity contribution in [3.8, 4) is 11.5 Å². The van der Waals surface area contributed by atoms with Crippen LogP contribution in [0.15, 0.2) is 61.2 Å². The number of esters is 2. The number of carbonyl (C=O) groups is 2. The molecule has 0 saturated heterocycles. The van der Waals surface area contributed by atoms with Gasteiger partial charge in [-0.2, -0.15) is 0 Å². The Kier molecular flexibility index (Phi) is 9.61. The van der Waals surface area contributed by atoms with E-state index in [0.29, 0.717) is 55.0 Å². The van der Waals surface area contributed by atoms with Crippen LogP contribution in [0.3, 0.4) is 0 Å².